The minimum absolute atomic E-state index is 0.0490. The van der Waals surface area contributed by atoms with Gasteiger partial charge in [0.2, 0.25) is 0 Å². The highest BCUT2D eigenvalue weighted by atomic mass is 35.5. The molecule has 1 aromatic rings. The SMILES string of the molecule is COc1cc(C(=O)O)cc(Cl)c1OC(C)C(C)C. The Hall–Kier alpha value is -1.42. The number of rotatable bonds is 5. The van der Waals surface area contributed by atoms with Crippen LogP contribution in [0.4, 0.5) is 0 Å². The molecular formula is C13H17ClO4. The highest BCUT2D eigenvalue weighted by Crippen LogP contribution is 2.37. The first-order valence-corrected chi connectivity index (χ1v) is 6.02. The summed E-state index contributed by atoms with van der Waals surface area (Å²) in [6.07, 6.45) is -0.0490. The molecule has 1 unspecified atom stereocenters. The highest BCUT2D eigenvalue weighted by Gasteiger charge is 2.18. The van der Waals surface area contributed by atoms with Crippen LogP contribution in [0.3, 0.4) is 0 Å². The second-order valence-electron chi connectivity index (χ2n) is 4.36. The molecule has 0 aliphatic rings. The van der Waals surface area contributed by atoms with E-state index in [4.69, 9.17) is 26.2 Å². The highest BCUT2D eigenvalue weighted by molar-refractivity contribution is 6.32. The first-order chi connectivity index (χ1) is 8.36. The topological polar surface area (TPSA) is 55.8 Å². The zero-order valence-electron chi connectivity index (χ0n) is 10.9. The standard InChI is InChI=1S/C13H17ClO4/c1-7(2)8(3)18-12-10(14)5-9(13(15)16)6-11(12)17-4/h5-8H,1-4H3,(H,15,16). The molecule has 100 valence electrons. The van der Waals surface area contributed by atoms with Crippen LogP contribution < -0.4 is 9.47 Å². The largest absolute Gasteiger partial charge is 0.493 e. The molecule has 18 heavy (non-hydrogen) atoms. The predicted molar refractivity (Wildman–Crippen MR) is 69.9 cm³/mol. The monoisotopic (exact) mass is 272 g/mol. The Balaban J connectivity index is 3.15. The maximum absolute atomic E-state index is 10.9. The van der Waals surface area contributed by atoms with Crippen molar-refractivity contribution >= 4 is 17.6 Å². The number of benzene rings is 1. The average Bonchev–Trinajstić information content (AvgIpc) is 2.30. The van der Waals surface area contributed by atoms with Gasteiger partial charge in [0.15, 0.2) is 11.5 Å². The van der Waals surface area contributed by atoms with Crippen LogP contribution >= 0.6 is 11.6 Å². The van der Waals surface area contributed by atoms with Crippen LogP contribution in [-0.4, -0.2) is 24.3 Å². The molecule has 0 radical (unpaired) electrons. The van der Waals surface area contributed by atoms with E-state index in [0.29, 0.717) is 17.4 Å². The van der Waals surface area contributed by atoms with Gasteiger partial charge in [-0.15, -0.1) is 0 Å². The number of hydrogen-bond acceptors (Lipinski definition) is 3. The molecular weight excluding hydrogens is 256 g/mol. The smallest absolute Gasteiger partial charge is 0.335 e. The van der Waals surface area contributed by atoms with E-state index in [1.54, 1.807) is 0 Å². The van der Waals surface area contributed by atoms with Crippen molar-refractivity contribution in [1.29, 1.82) is 0 Å². The van der Waals surface area contributed by atoms with E-state index in [1.807, 2.05) is 20.8 Å². The third kappa shape index (κ3) is 3.29. The number of carboxylic acid groups (broad SMARTS) is 1. The van der Waals surface area contributed by atoms with Gasteiger partial charge in [0.05, 0.1) is 23.8 Å². The van der Waals surface area contributed by atoms with Crippen LogP contribution in [0.2, 0.25) is 5.02 Å². The van der Waals surface area contributed by atoms with Gasteiger partial charge >= 0.3 is 5.97 Å². The molecule has 0 saturated heterocycles. The predicted octanol–water partition coefficient (Wildman–Crippen LogP) is 3.47. The number of hydrogen-bond donors (Lipinski definition) is 1. The first-order valence-electron chi connectivity index (χ1n) is 5.64. The molecule has 1 rings (SSSR count). The number of ether oxygens (including phenoxy) is 2. The third-order valence-corrected chi connectivity index (χ3v) is 3.00. The summed E-state index contributed by atoms with van der Waals surface area (Å²) < 4.78 is 10.8. The summed E-state index contributed by atoms with van der Waals surface area (Å²) in [5.41, 5.74) is 0.0707. The van der Waals surface area contributed by atoms with Crippen LogP contribution in [0.15, 0.2) is 12.1 Å². The maximum Gasteiger partial charge on any atom is 0.335 e. The van der Waals surface area contributed by atoms with Crippen LogP contribution in [0.25, 0.3) is 0 Å². The number of aromatic carboxylic acids is 1. The minimum atomic E-state index is -1.06. The summed E-state index contributed by atoms with van der Waals surface area (Å²) in [7, 11) is 1.45. The number of carboxylic acids is 1. The quantitative estimate of drug-likeness (QED) is 0.892. The van der Waals surface area contributed by atoms with E-state index in [9.17, 15) is 4.79 Å². The van der Waals surface area contributed by atoms with Gasteiger partial charge in [-0.25, -0.2) is 4.79 Å². The molecule has 0 spiro atoms. The Morgan fingerprint density at radius 2 is 1.94 bits per heavy atom. The van der Waals surface area contributed by atoms with Crippen LogP contribution in [0.5, 0.6) is 11.5 Å². The van der Waals surface area contributed by atoms with Gasteiger partial charge < -0.3 is 14.6 Å². The Morgan fingerprint density at radius 3 is 2.39 bits per heavy atom. The van der Waals surface area contributed by atoms with Crippen molar-refractivity contribution in [3.63, 3.8) is 0 Å². The van der Waals surface area contributed by atoms with Crippen molar-refractivity contribution in [1.82, 2.24) is 0 Å². The fourth-order valence-electron chi connectivity index (χ4n) is 1.28. The Morgan fingerprint density at radius 1 is 1.33 bits per heavy atom. The zero-order chi connectivity index (χ0) is 13.9. The molecule has 0 fully saturated rings. The van der Waals surface area contributed by atoms with E-state index < -0.39 is 5.97 Å². The molecule has 0 heterocycles. The lowest BCUT2D eigenvalue weighted by Crippen LogP contribution is -2.19. The summed E-state index contributed by atoms with van der Waals surface area (Å²) in [5, 5.41) is 9.17. The summed E-state index contributed by atoms with van der Waals surface area (Å²) in [6, 6.07) is 2.76. The Labute approximate surface area is 111 Å². The third-order valence-electron chi connectivity index (χ3n) is 2.72. The van der Waals surface area contributed by atoms with Crippen molar-refractivity contribution in [3.8, 4) is 11.5 Å². The molecule has 0 aromatic heterocycles. The molecule has 1 N–H and O–H groups in total. The second-order valence-corrected chi connectivity index (χ2v) is 4.77. The Kier molecular flexibility index (Phi) is 4.84. The average molecular weight is 273 g/mol. The lowest BCUT2D eigenvalue weighted by atomic mass is 10.1. The normalized spacial score (nSPS) is 12.3. The fourth-order valence-corrected chi connectivity index (χ4v) is 1.53. The maximum atomic E-state index is 10.9. The molecule has 0 saturated carbocycles. The molecule has 1 aromatic carbocycles. The second kappa shape index (κ2) is 5.96. The molecule has 0 amide bonds. The molecule has 0 aliphatic heterocycles. The van der Waals surface area contributed by atoms with Gasteiger partial charge in [-0.2, -0.15) is 0 Å². The van der Waals surface area contributed by atoms with Crippen molar-refractivity contribution in [2.24, 2.45) is 5.92 Å². The van der Waals surface area contributed by atoms with Gasteiger partial charge in [0.1, 0.15) is 0 Å². The van der Waals surface area contributed by atoms with Crippen LogP contribution in [0.1, 0.15) is 31.1 Å². The van der Waals surface area contributed by atoms with E-state index in [-0.39, 0.29) is 16.7 Å². The Bertz CT molecular complexity index is 443. The molecule has 5 heteroatoms. The summed E-state index contributed by atoms with van der Waals surface area (Å²) in [4.78, 5) is 10.9. The minimum Gasteiger partial charge on any atom is -0.493 e. The van der Waals surface area contributed by atoms with Crippen LogP contribution in [-0.2, 0) is 0 Å². The summed E-state index contributed by atoms with van der Waals surface area (Å²) >= 11 is 6.04. The molecule has 0 aliphatic carbocycles. The van der Waals surface area contributed by atoms with Gasteiger partial charge in [0.25, 0.3) is 0 Å². The lowest BCUT2D eigenvalue weighted by molar-refractivity contribution is 0.0696. The van der Waals surface area contributed by atoms with Crippen molar-refractivity contribution in [3.05, 3.63) is 22.7 Å². The summed E-state index contributed by atoms with van der Waals surface area (Å²) in [5.74, 6) is -0.0404. The van der Waals surface area contributed by atoms with Gasteiger partial charge in [-0.3, -0.25) is 0 Å². The van der Waals surface area contributed by atoms with E-state index in [2.05, 4.69) is 0 Å². The van der Waals surface area contributed by atoms with Gasteiger partial charge in [-0.05, 0) is 25.0 Å². The fraction of sp³-hybridized carbons (Fsp3) is 0.462. The number of carbonyl (C=O) groups is 1. The number of methoxy groups -OCH3 is 1. The first kappa shape index (κ1) is 14.6. The van der Waals surface area contributed by atoms with Crippen molar-refractivity contribution < 1.29 is 19.4 Å². The number of halogens is 1. The zero-order valence-corrected chi connectivity index (χ0v) is 11.6. The molecule has 4 nitrogen and oxygen atoms in total. The van der Waals surface area contributed by atoms with E-state index in [1.165, 1.54) is 19.2 Å². The van der Waals surface area contributed by atoms with Gasteiger partial charge in [-0.1, -0.05) is 25.4 Å². The summed E-state index contributed by atoms with van der Waals surface area (Å²) in [6.45, 7) is 5.97. The van der Waals surface area contributed by atoms with E-state index >= 15 is 0 Å². The van der Waals surface area contributed by atoms with Crippen LogP contribution in [0, 0.1) is 5.92 Å². The lowest BCUT2D eigenvalue weighted by Gasteiger charge is -2.21. The van der Waals surface area contributed by atoms with Crippen molar-refractivity contribution in [2.75, 3.05) is 7.11 Å². The van der Waals surface area contributed by atoms with Gasteiger partial charge in [0, 0.05) is 0 Å². The molecule has 0 bridgehead atoms. The molecule has 1 atom stereocenters. The van der Waals surface area contributed by atoms with Crippen molar-refractivity contribution in [2.45, 2.75) is 26.9 Å². The van der Waals surface area contributed by atoms with E-state index in [0.717, 1.165) is 0 Å².